The molecule has 2 heterocycles. The lowest BCUT2D eigenvalue weighted by atomic mass is 10.1. The maximum absolute atomic E-state index is 13.4. The number of esters is 1. The minimum absolute atomic E-state index is 0.0651. The molecule has 3 aromatic rings. The largest absolute Gasteiger partial charge is 0.447 e. The summed E-state index contributed by atoms with van der Waals surface area (Å²) in [5.74, 6) is 0.330. The van der Waals surface area contributed by atoms with Crippen molar-refractivity contribution in [2.45, 2.75) is 51.4 Å². The maximum atomic E-state index is 13.4. The van der Waals surface area contributed by atoms with Gasteiger partial charge in [-0.2, -0.15) is 4.98 Å². The van der Waals surface area contributed by atoms with Crippen molar-refractivity contribution in [2.24, 2.45) is 0 Å². The summed E-state index contributed by atoms with van der Waals surface area (Å²) in [7, 11) is 0. The molecule has 1 aliphatic heterocycles. The van der Waals surface area contributed by atoms with E-state index in [4.69, 9.17) is 32.7 Å². The number of rotatable bonds is 7. The molecule has 1 atom stereocenters. The number of fused-ring (bicyclic) bond motifs is 3. The Balaban J connectivity index is 1.97. The molecule has 188 valence electrons. The van der Waals surface area contributed by atoms with Crippen LogP contribution in [0.5, 0.6) is 11.6 Å². The number of carbonyl (C=O) groups is 2. The molecule has 1 aliphatic rings. The molecule has 1 aromatic heterocycles. The van der Waals surface area contributed by atoms with Crippen molar-refractivity contribution in [3.63, 3.8) is 0 Å². The Bertz CT molecular complexity index is 1310. The first-order valence-electron chi connectivity index (χ1n) is 11.5. The highest BCUT2D eigenvalue weighted by Crippen LogP contribution is 2.47. The van der Waals surface area contributed by atoms with Crippen LogP contribution in [0.15, 0.2) is 41.6 Å². The van der Waals surface area contributed by atoms with Crippen LogP contribution in [-0.4, -0.2) is 32.8 Å². The lowest BCUT2D eigenvalue weighted by molar-refractivity contribution is -0.134. The smallest absolute Gasteiger partial charge is 0.310 e. The number of anilines is 1. The van der Waals surface area contributed by atoms with Gasteiger partial charge in [-0.3, -0.25) is 14.5 Å². The Morgan fingerprint density at radius 2 is 1.89 bits per heavy atom. The van der Waals surface area contributed by atoms with E-state index in [9.17, 15) is 9.59 Å². The number of halogens is 2. The number of hydrogen-bond donors (Lipinski definition) is 0. The van der Waals surface area contributed by atoms with Gasteiger partial charge in [-0.15, -0.1) is 10.2 Å². The van der Waals surface area contributed by atoms with E-state index < -0.39 is 12.2 Å². The highest BCUT2D eigenvalue weighted by molar-refractivity contribution is 7.99. The molecule has 11 heteroatoms. The third-order valence-corrected chi connectivity index (χ3v) is 6.87. The zero-order chi connectivity index (χ0) is 25.8. The third kappa shape index (κ3) is 5.28. The molecule has 4 rings (SSSR count). The van der Waals surface area contributed by atoms with Crippen molar-refractivity contribution in [3.05, 3.63) is 52.0 Å². The fraction of sp³-hybridized carbons (Fsp3) is 0.320. The molecule has 0 saturated carbocycles. The molecule has 0 saturated heterocycles. The minimum atomic E-state index is -1.10. The Hall–Kier alpha value is -2.88. The highest BCUT2D eigenvalue weighted by Gasteiger charge is 2.38. The first-order valence-corrected chi connectivity index (χ1v) is 13.3. The molecule has 0 spiro atoms. The van der Waals surface area contributed by atoms with Gasteiger partial charge in [0.05, 0.1) is 16.3 Å². The first-order chi connectivity index (χ1) is 17.4. The predicted octanol–water partition coefficient (Wildman–Crippen LogP) is 6.50. The van der Waals surface area contributed by atoms with Gasteiger partial charge in [-0.05, 0) is 24.6 Å². The van der Waals surface area contributed by atoms with Gasteiger partial charge in [0.25, 0.3) is 0 Å². The van der Waals surface area contributed by atoms with Crippen LogP contribution >= 0.6 is 35.0 Å². The Labute approximate surface area is 223 Å². The zero-order valence-electron chi connectivity index (χ0n) is 20.0. The summed E-state index contributed by atoms with van der Waals surface area (Å²) in [5, 5.41) is 9.52. The quantitative estimate of drug-likeness (QED) is 0.188. The molecule has 0 N–H and O–H groups in total. The van der Waals surface area contributed by atoms with Gasteiger partial charge in [-0.25, -0.2) is 0 Å². The van der Waals surface area contributed by atoms with E-state index in [1.54, 1.807) is 26.0 Å². The van der Waals surface area contributed by atoms with Gasteiger partial charge >= 0.3 is 5.97 Å². The van der Waals surface area contributed by atoms with E-state index in [1.165, 1.54) is 22.7 Å². The number of benzene rings is 2. The van der Waals surface area contributed by atoms with Gasteiger partial charge in [0.1, 0.15) is 0 Å². The summed E-state index contributed by atoms with van der Waals surface area (Å²) < 4.78 is 12.0. The number of nitrogens with zero attached hydrogens (tertiary/aromatic N) is 4. The summed E-state index contributed by atoms with van der Waals surface area (Å²) in [6.07, 6.45) is 0.141. The molecule has 0 aliphatic carbocycles. The average molecular weight is 547 g/mol. The fourth-order valence-corrected chi connectivity index (χ4v) is 4.85. The Morgan fingerprint density at radius 3 is 2.61 bits per heavy atom. The third-order valence-electron chi connectivity index (χ3n) is 5.33. The fourth-order valence-electron chi connectivity index (χ4n) is 3.67. The van der Waals surface area contributed by atoms with E-state index in [1.807, 2.05) is 18.2 Å². The number of ether oxygens (including phenoxy) is 2. The lowest BCUT2D eigenvalue weighted by Crippen LogP contribution is -2.37. The molecule has 0 radical (unpaired) electrons. The van der Waals surface area contributed by atoms with E-state index in [2.05, 4.69) is 22.1 Å². The van der Waals surface area contributed by atoms with E-state index in [0.717, 1.165) is 12.2 Å². The summed E-state index contributed by atoms with van der Waals surface area (Å²) in [6.45, 7) is 5.48. The van der Waals surface area contributed by atoms with Crippen molar-refractivity contribution in [1.29, 1.82) is 0 Å². The van der Waals surface area contributed by atoms with Gasteiger partial charge in [0.15, 0.2) is 11.4 Å². The molecular formula is C25H24Cl2N4O4S. The van der Waals surface area contributed by atoms with E-state index >= 15 is 0 Å². The number of carbonyl (C=O) groups excluding carboxylic acids is 2. The molecule has 0 fully saturated rings. The van der Waals surface area contributed by atoms with Crippen molar-refractivity contribution in [1.82, 2.24) is 15.2 Å². The number of amides is 1. The lowest BCUT2D eigenvalue weighted by Gasteiger charge is -2.31. The van der Waals surface area contributed by atoms with Crippen molar-refractivity contribution >= 4 is 52.5 Å². The molecular weight excluding hydrogens is 523 g/mol. The minimum Gasteiger partial charge on any atom is -0.447 e. The Morgan fingerprint density at radius 1 is 1.11 bits per heavy atom. The van der Waals surface area contributed by atoms with Crippen LogP contribution in [0.3, 0.4) is 0 Å². The van der Waals surface area contributed by atoms with Crippen LogP contribution < -0.4 is 14.4 Å². The number of hydrogen-bond acceptors (Lipinski definition) is 8. The second-order valence-corrected chi connectivity index (χ2v) is 9.74. The molecule has 36 heavy (non-hydrogen) atoms. The highest BCUT2D eigenvalue weighted by atomic mass is 35.5. The summed E-state index contributed by atoms with van der Waals surface area (Å²) in [4.78, 5) is 31.8. The van der Waals surface area contributed by atoms with E-state index in [-0.39, 0.29) is 40.4 Å². The standard InChI is InChI=1S/C25H24Cl2N4O4S/c1-4-11-36-25-28-23-21(29-30-25)15-9-7-8-10-18(15)31(19(32)5-2)24(35-23)16-12-14(26)13-17(27)22(16)34-20(33)6-3/h7-10,12-13,24H,4-6,11H2,1-3H3. The second-order valence-electron chi connectivity index (χ2n) is 7.83. The maximum Gasteiger partial charge on any atom is 0.310 e. The topological polar surface area (TPSA) is 94.5 Å². The van der Waals surface area contributed by atoms with Crippen LogP contribution in [0.2, 0.25) is 10.0 Å². The van der Waals surface area contributed by atoms with Crippen LogP contribution in [0.4, 0.5) is 5.69 Å². The molecule has 2 aromatic carbocycles. The Kier molecular flexibility index (Phi) is 8.33. The predicted molar refractivity (Wildman–Crippen MR) is 140 cm³/mol. The molecule has 0 bridgehead atoms. The van der Waals surface area contributed by atoms with Crippen molar-refractivity contribution in [3.8, 4) is 22.9 Å². The molecule has 1 unspecified atom stereocenters. The average Bonchev–Trinajstić information content (AvgIpc) is 3.02. The van der Waals surface area contributed by atoms with Crippen LogP contribution in [-0.2, 0) is 9.59 Å². The summed E-state index contributed by atoms with van der Waals surface area (Å²) in [5.41, 5.74) is 1.87. The van der Waals surface area contributed by atoms with E-state index in [0.29, 0.717) is 27.7 Å². The van der Waals surface area contributed by atoms with Gasteiger partial charge < -0.3 is 9.47 Å². The van der Waals surface area contributed by atoms with Crippen molar-refractivity contribution < 1.29 is 19.1 Å². The van der Waals surface area contributed by atoms with Gasteiger partial charge in [0, 0.05) is 29.2 Å². The number of aromatic nitrogens is 3. The van der Waals surface area contributed by atoms with Crippen LogP contribution in [0.1, 0.15) is 51.8 Å². The monoisotopic (exact) mass is 546 g/mol. The zero-order valence-corrected chi connectivity index (χ0v) is 22.3. The number of thioether (sulfide) groups is 1. The van der Waals surface area contributed by atoms with Crippen LogP contribution in [0, 0.1) is 0 Å². The SMILES string of the molecule is CCCSc1nnc2c(n1)OC(c1cc(Cl)cc(Cl)c1OC(=O)CC)N(C(=O)CC)c1ccccc1-2. The molecule has 8 nitrogen and oxygen atoms in total. The first kappa shape index (κ1) is 26.2. The number of para-hydroxylation sites is 1. The second kappa shape index (κ2) is 11.5. The van der Waals surface area contributed by atoms with Gasteiger partial charge in [0.2, 0.25) is 23.2 Å². The molecule has 1 amide bonds. The van der Waals surface area contributed by atoms with Crippen molar-refractivity contribution in [2.75, 3.05) is 10.7 Å². The van der Waals surface area contributed by atoms with Crippen LogP contribution in [0.25, 0.3) is 11.3 Å². The summed E-state index contributed by atoms with van der Waals surface area (Å²) >= 11 is 14.3. The summed E-state index contributed by atoms with van der Waals surface area (Å²) in [6, 6.07) is 10.3. The normalized spacial score (nSPS) is 14.4. The van der Waals surface area contributed by atoms with Gasteiger partial charge in [-0.1, -0.05) is 73.9 Å².